The Morgan fingerprint density at radius 2 is 2.12 bits per heavy atom. The number of rotatable bonds is 2. The Labute approximate surface area is 108 Å². The third-order valence-electron chi connectivity index (χ3n) is 2.12. The van der Waals surface area contributed by atoms with Gasteiger partial charge >= 0.3 is 0 Å². The minimum Gasteiger partial charge on any atom is -0.322 e. The second-order valence-corrected chi connectivity index (χ2v) is 5.22. The molecule has 2 nitrogen and oxygen atoms in total. The highest BCUT2D eigenvalue weighted by Crippen LogP contribution is 2.31. The van der Waals surface area contributed by atoms with Crippen molar-refractivity contribution in [3.8, 4) is 11.3 Å². The molecule has 2 aromatic rings. The fraction of sp³-hybridized carbons (Fsp3) is 0.182. The number of halogens is 2. The van der Waals surface area contributed by atoms with Crippen molar-refractivity contribution >= 4 is 34.5 Å². The SMILES string of the molecule is C[C@@H](N)c1nc(-c2ccc(Cl)cc2Cl)cs1. The minimum absolute atomic E-state index is 0.0511. The van der Waals surface area contributed by atoms with Crippen molar-refractivity contribution in [3.63, 3.8) is 0 Å². The Kier molecular flexibility index (Phi) is 3.50. The lowest BCUT2D eigenvalue weighted by Crippen LogP contribution is -2.03. The predicted octanol–water partition coefficient (Wildman–Crippen LogP) is 4.14. The van der Waals surface area contributed by atoms with E-state index in [2.05, 4.69) is 4.98 Å². The van der Waals surface area contributed by atoms with Crippen molar-refractivity contribution in [1.29, 1.82) is 0 Å². The molecule has 84 valence electrons. The van der Waals surface area contributed by atoms with E-state index >= 15 is 0 Å². The van der Waals surface area contributed by atoms with E-state index in [1.807, 2.05) is 18.4 Å². The molecular weight excluding hydrogens is 263 g/mol. The van der Waals surface area contributed by atoms with E-state index in [4.69, 9.17) is 28.9 Å². The van der Waals surface area contributed by atoms with Crippen molar-refractivity contribution in [2.75, 3.05) is 0 Å². The first-order chi connectivity index (χ1) is 7.58. The Balaban J connectivity index is 2.42. The van der Waals surface area contributed by atoms with Crippen molar-refractivity contribution in [2.24, 2.45) is 5.73 Å². The highest BCUT2D eigenvalue weighted by molar-refractivity contribution is 7.10. The van der Waals surface area contributed by atoms with Gasteiger partial charge < -0.3 is 5.73 Å². The van der Waals surface area contributed by atoms with Crippen LogP contribution >= 0.6 is 34.5 Å². The first-order valence-electron chi connectivity index (χ1n) is 4.74. The van der Waals surface area contributed by atoms with Gasteiger partial charge in [-0.3, -0.25) is 0 Å². The molecule has 0 saturated heterocycles. The van der Waals surface area contributed by atoms with E-state index in [9.17, 15) is 0 Å². The summed E-state index contributed by atoms with van der Waals surface area (Å²) < 4.78 is 0. The van der Waals surface area contributed by atoms with E-state index in [0.717, 1.165) is 16.3 Å². The van der Waals surface area contributed by atoms with Gasteiger partial charge in [-0.15, -0.1) is 11.3 Å². The highest BCUT2D eigenvalue weighted by atomic mass is 35.5. The summed E-state index contributed by atoms with van der Waals surface area (Å²) in [6, 6.07) is 5.33. The van der Waals surface area contributed by atoms with Gasteiger partial charge in [0, 0.05) is 16.0 Å². The van der Waals surface area contributed by atoms with Gasteiger partial charge in [-0.1, -0.05) is 23.2 Å². The number of hydrogen-bond donors (Lipinski definition) is 1. The van der Waals surface area contributed by atoms with Gasteiger partial charge in [0.25, 0.3) is 0 Å². The fourth-order valence-electron chi connectivity index (χ4n) is 1.32. The number of benzene rings is 1. The number of hydrogen-bond acceptors (Lipinski definition) is 3. The molecule has 0 aliphatic carbocycles. The van der Waals surface area contributed by atoms with Crippen molar-refractivity contribution in [3.05, 3.63) is 38.6 Å². The van der Waals surface area contributed by atoms with Crippen LogP contribution in [0.3, 0.4) is 0 Å². The van der Waals surface area contributed by atoms with Gasteiger partial charge in [-0.2, -0.15) is 0 Å². The molecule has 0 fully saturated rings. The largest absolute Gasteiger partial charge is 0.322 e. The maximum absolute atomic E-state index is 6.10. The second-order valence-electron chi connectivity index (χ2n) is 3.48. The zero-order valence-electron chi connectivity index (χ0n) is 8.58. The average molecular weight is 273 g/mol. The Morgan fingerprint density at radius 3 is 2.69 bits per heavy atom. The molecule has 1 aromatic carbocycles. The Morgan fingerprint density at radius 1 is 1.38 bits per heavy atom. The fourth-order valence-corrected chi connectivity index (χ4v) is 2.60. The predicted molar refractivity (Wildman–Crippen MR) is 70.2 cm³/mol. The molecule has 0 aliphatic heterocycles. The molecule has 0 amide bonds. The summed E-state index contributed by atoms with van der Waals surface area (Å²) in [5.74, 6) is 0. The molecule has 16 heavy (non-hydrogen) atoms. The van der Waals surface area contributed by atoms with Gasteiger partial charge in [0.05, 0.1) is 16.8 Å². The lowest BCUT2D eigenvalue weighted by Gasteiger charge is -2.01. The standard InChI is InChI=1S/C11H10Cl2N2S/c1-6(14)11-15-10(5-16-11)8-3-2-7(12)4-9(8)13/h2-6H,14H2,1H3/t6-/m1/s1. The van der Waals surface area contributed by atoms with Crippen molar-refractivity contribution < 1.29 is 0 Å². The quantitative estimate of drug-likeness (QED) is 0.893. The van der Waals surface area contributed by atoms with Crippen LogP contribution in [-0.2, 0) is 0 Å². The zero-order valence-corrected chi connectivity index (χ0v) is 10.9. The molecule has 0 aliphatic rings. The normalized spacial score (nSPS) is 12.8. The first-order valence-corrected chi connectivity index (χ1v) is 6.38. The summed E-state index contributed by atoms with van der Waals surface area (Å²) in [6.45, 7) is 1.91. The molecule has 2 N–H and O–H groups in total. The number of nitrogens with zero attached hydrogens (tertiary/aromatic N) is 1. The van der Waals surface area contributed by atoms with E-state index in [0.29, 0.717) is 10.0 Å². The minimum atomic E-state index is -0.0511. The molecule has 0 bridgehead atoms. The third-order valence-corrected chi connectivity index (χ3v) is 3.71. The van der Waals surface area contributed by atoms with Crippen LogP contribution in [0.2, 0.25) is 10.0 Å². The monoisotopic (exact) mass is 272 g/mol. The van der Waals surface area contributed by atoms with E-state index in [1.54, 1.807) is 12.1 Å². The summed E-state index contributed by atoms with van der Waals surface area (Å²) >= 11 is 13.5. The van der Waals surface area contributed by atoms with Gasteiger partial charge in [0.1, 0.15) is 5.01 Å². The molecule has 0 unspecified atom stereocenters. The van der Waals surface area contributed by atoms with E-state index < -0.39 is 0 Å². The van der Waals surface area contributed by atoms with Gasteiger partial charge in [-0.25, -0.2) is 4.98 Å². The van der Waals surface area contributed by atoms with E-state index in [-0.39, 0.29) is 6.04 Å². The van der Waals surface area contributed by atoms with Crippen molar-refractivity contribution in [1.82, 2.24) is 4.98 Å². The number of thiazole rings is 1. The van der Waals surface area contributed by atoms with Gasteiger partial charge in [-0.05, 0) is 25.1 Å². The average Bonchev–Trinajstić information content (AvgIpc) is 2.66. The van der Waals surface area contributed by atoms with Crippen LogP contribution in [0.1, 0.15) is 18.0 Å². The summed E-state index contributed by atoms with van der Waals surface area (Å²) in [6.07, 6.45) is 0. The number of aromatic nitrogens is 1. The summed E-state index contributed by atoms with van der Waals surface area (Å²) in [5, 5.41) is 4.08. The molecule has 0 saturated carbocycles. The van der Waals surface area contributed by atoms with E-state index in [1.165, 1.54) is 11.3 Å². The van der Waals surface area contributed by atoms with Crippen LogP contribution in [0.15, 0.2) is 23.6 Å². The molecule has 1 heterocycles. The van der Waals surface area contributed by atoms with Crippen LogP contribution < -0.4 is 5.73 Å². The number of nitrogens with two attached hydrogens (primary N) is 1. The lowest BCUT2D eigenvalue weighted by molar-refractivity contribution is 0.808. The maximum atomic E-state index is 6.10. The second kappa shape index (κ2) is 4.72. The van der Waals surface area contributed by atoms with Crippen LogP contribution in [-0.4, -0.2) is 4.98 Å². The molecule has 0 spiro atoms. The zero-order chi connectivity index (χ0) is 11.7. The Hall–Kier alpha value is -0.610. The molecule has 2 rings (SSSR count). The van der Waals surface area contributed by atoms with Crippen LogP contribution in [0.5, 0.6) is 0 Å². The summed E-state index contributed by atoms with van der Waals surface area (Å²) in [5.41, 5.74) is 7.49. The van der Waals surface area contributed by atoms with Crippen LogP contribution in [0, 0.1) is 0 Å². The van der Waals surface area contributed by atoms with Gasteiger partial charge in [0.15, 0.2) is 0 Å². The lowest BCUT2D eigenvalue weighted by atomic mass is 10.2. The maximum Gasteiger partial charge on any atom is 0.110 e. The molecule has 0 radical (unpaired) electrons. The molecule has 1 atom stereocenters. The summed E-state index contributed by atoms with van der Waals surface area (Å²) in [4.78, 5) is 4.44. The summed E-state index contributed by atoms with van der Waals surface area (Å²) in [7, 11) is 0. The van der Waals surface area contributed by atoms with Crippen LogP contribution in [0.25, 0.3) is 11.3 Å². The molecule has 5 heteroatoms. The van der Waals surface area contributed by atoms with Gasteiger partial charge in [0.2, 0.25) is 0 Å². The smallest absolute Gasteiger partial charge is 0.110 e. The molecular formula is C11H10Cl2N2S. The first kappa shape index (κ1) is 11.9. The van der Waals surface area contributed by atoms with Crippen molar-refractivity contribution in [2.45, 2.75) is 13.0 Å². The van der Waals surface area contributed by atoms with Crippen LogP contribution in [0.4, 0.5) is 0 Å². The third kappa shape index (κ3) is 2.38. The molecule has 1 aromatic heterocycles. The Bertz CT molecular complexity index is 508. The topological polar surface area (TPSA) is 38.9 Å². The highest BCUT2D eigenvalue weighted by Gasteiger charge is 2.10.